The second kappa shape index (κ2) is 31.2. The van der Waals surface area contributed by atoms with Crippen LogP contribution in [0.15, 0.2) is 110 Å². The molecule has 0 atom stereocenters. The quantitative estimate of drug-likeness (QED) is 0.0277. The van der Waals surface area contributed by atoms with Gasteiger partial charge in [-0.3, -0.25) is 0 Å². The molecule has 10 nitrogen and oxygen atoms in total. The van der Waals surface area contributed by atoms with Crippen molar-refractivity contribution in [3.8, 4) is 46.4 Å². The first-order valence-corrected chi connectivity index (χ1v) is 26.1. The van der Waals surface area contributed by atoms with Crippen molar-refractivity contribution in [2.45, 2.75) is 163 Å². The highest BCUT2D eigenvalue weighted by Gasteiger charge is 2.15. The van der Waals surface area contributed by atoms with E-state index in [0.717, 1.165) is 97.6 Å². The SMILES string of the molecule is CCCCCCCc1cnc(-c2ccc(C(=O)Oc3ccc(CCCCC)cc3C#N)cc2)nc1.CCCCCCCc1cnc(-c2ccc(C(=O)Oc3ccc(CCCCCC)cc3C#N)cc2)nc1. The molecule has 6 aromatic rings. The number of carbonyl (C=O) groups is 2. The third-order valence-electron chi connectivity index (χ3n) is 12.4. The number of benzene rings is 4. The van der Waals surface area contributed by atoms with Gasteiger partial charge in [0, 0.05) is 35.9 Å². The Labute approximate surface area is 423 Å². The van der Waals surface area contributed by atoms with E-state index < -0.39 is 11.9 Å². The molecule has 0 bridgehead atoms. The molecule has 0 saturated carbocycles. The lowest BCUT2D eigenvalue weighted by atomic mass is 10.0. The van der Waals surface area contributed by atoms with E-state index in [4.69, 9.17) is 9.47 Å². The summed E-state index contributed by atoms with van der Waals surface area (Å²) in [5, 5.41) is 19.1. The molecule has 4 aromatic carbocycles. The molecule has 0 fully saturated rings. The van der Waals surface area contributed by atoms with Crippen LogP contribution in [-0.2, 0) is 25.7 Å². The normalized spacial score (nSPS) is 10.7. The Hall–Kier alpha value is -7.04. The van der Waals surface area contributed by atoms with Gasteiger partial charge in [-0.2, -0.15) is 10.5 Å². The molecule has 71 heavy (non-hydrogen) atoms. The monoisotopic (exact) mass is 953 g/mol. The van der Waals surface area contributed by atoms with Crippen molar-refractivity contribution < 1.29 is 19.1 Å². The van der Waals surface area contributed by atoms with Gasteiger partial charge in [-0.05, 0) is 122 Å². The first kappa shape index (κ1) is 54.9. The highest BCUT2D eigenvalue weighted by atomic mass is 16.5. The summed E-state index contributed by atoms with van der Waals surface area (Å²) >= 11 is 0. The summed E-state index contributed by atoms with van der Waals surface area (Å²) in [4.78, 5) is 43.4. The molecular weight excluding hydrogens is 881 g/mol. The zero-order valence-corrected chi connectivity index (χ0v) is 42.6. The largest absolute Gasteiger partial charge is 0.422 e. The lowest BCUT2D eigenvalue weighted by Crippen LogP contribution is -2.09. The van der Waals surface area contributed by atoms with Gasteiger partial charge >= 0.3 is 11.9 Å². The Balaban J connectivity index is 0.000000264. The van der Waals surface area contributed by atoms with Crippen LogP contribution in [0.1, 0.15) is 191 Å². The van der Waals surface area contributed by atoms with Gasteiger partial charge in [0.15, 0.2) is 11.6 Å². The van der Waals surface area contributed by atoms with Crippen LogP contribution in [0.3, 0.4) is 0 Å². The van der Waals surface area contributed by atoms with Crippen LogP contribution in [0.2, 0.25) is 0 Å². The van der Waals surface area contributed by atoms with Crippen molar-refractivity contribution in [3.63, 3.8) is 0 Å². The Bertz CT molecular complexity index is 2610. The molecule has 0 amide bonds. The summed E-state index contributed by atoms with van der Waals surface area (Å²) in [6.45, 7) is 8.79. The Kier molecular flexibility index (Phi) is 24.2. The third-order valence-corrected chi connectivity index (χ3v) is 12.4. The van der Waals surface area contributed by atoms with Crippen LogP contribution in [0, 0.1) is 22.7 Å². The number of hydrogen-bond donors (Lipinski definition) is 0. The van der Waals surface area contributed by atoms with Gasteiger partial charge in [0.25, 0.3) is 0 Å². The number of nitrogens with zero attached hydrogens (tertiary/aromatic N) is 6. The molecule has 10 heteroatoms. The molecule has 0 saturated heterocycles. The van der Waals surface area contributed by atoms with E-state index in [9.17, 15) is 20.1 Å². The minimum Gasteiger partial charge on any atom is -0.422 e. The summed E-state index contributed by atoms with van der Waals surface area (Å²) < 4.78 is 11.1. The van der Waals surface area contributed by atoms with E-state index in [1.54, 1.807) is 36.4 Å². The molecule has 0 unspecified atom stereocenters. The molecule has 0 aliphatic heterocycles. The fraction of sp³-hybridized carbons (Fsp3) is 0.410. The standard InChI is InChI=1S/C31H37N3O2.C30H35N3O2/c1-3-5-7-9-11-13-25-22-33-30(34-23-25)26-15-17-27(18-16-26)31(35)36-29-19-14-24(20-28(29)21-32)12-10-8-6-4-2;1-3-5-7-8-10-12-24-21-32-29(33-22-24)25-14-16-26(17-15-25)30(34)35-28-18-13-23(11-9-6-4-2)19-27(28)20-31/h14-20,22-23H,3-13H2,1-2H3;13-19,21-22H,3-12H2,1-2H3. The number of carbonyl (C=O) groups excluding carboxylic acids is 2. The average molecular weight is 953 g/mol. The molecule has 6 rings (SSSR count). The molecule has 0 N–H and O–H groups in total. The van der Waals surface area contributed by atoms with Crippen molar-refractivity contribution in [2.75, 3.05) is 0 Å². The average Bonchev–Trinajstić information content (AvgIpc) is 3.41. The number of hydrogen-bond acceptors (Lipinski definition) is 10. The first-order valence-electron chi connectivity index (χ1n) is 26.1. The maximum absolute atomic E-state index is 12.7. The van der Waals surface area contributed by atoms with Gasteiger partial charge in [0.2, 0.25) is 0 Å². The van der Waals surface area contributed by atoms with E-state index in [1.807, 2.05) is 73.3 Å². The van der Waals surface area contributed by atoms with Crippen LogP contribution in [0.25, 0.3) is 22.8 Å². The second-order valence-electron chi connectivity index (χ2n) is 18.2. The number of unbranched alkanes of at least 4 members (excludes halogenated alkanes) is 13. The minimum atomic E-state index is -0.494. The van der Waals surface area contributed by atoms with Crippen molar-refractivity contribution >= 4 is 11.9 Å². The van der Waals surface area contributed by atoms with Gasteiger partial charge in [-0.25, -0.2) is 29.5 Å². The van der Waals surface area contributed by atoms with Crippen LogP contribution in [0.4, 0.5) is 0 Å². The summed E-state index contributed by atoms with van der Waals surface area (Å²) in [5.41, 5.74) is 7.73. The zero-order chi connectivity index (χ0) is 50.5. The van der Waals surface area contributed by atoms with Crippen LogP contribution >= 0.6 is 0 Å². The Morgan fingerprint density at radius 1 is 0.408 bits per heavy atom. The molecule has 0 aliphatic carbocycles. The van der Waals surface area contributed by atoms with Crippen LogP contribution in [0.5, 0.6) is 11.5 Å². The predicted molar refractivity (Wildman–Crippen MR) is 283 cm³/mol. The number of ether oxygens (including phenoxy) is 2. The molecule has 2 heterocycles. The summed E-state index contributed by atoms with van der Waals surface area (Å²) in [6.07, 6.45) is 31.9. The summed E-state index contributed by atoms with van der Waals surface area (Å²) in [6, 6.07) is 29.3. The highest BCUT2D eigenvalue weighted by molar-refractivity contribution is 5.92. The molecule has 0 spiro atoms. The van der Waals surface area contributed by atoms with Crippen LogP contribution < -0.4 is 9.47 Å². The molecule has 0 radical (unpaired) electrons. The molecular formula is C61H72N6O4. The van der Waals surface area contributed by atoms with Crippen molar-refractivity contribution in [2.24, 2.45) is 0 Å². The van der Waals surface area contributed by atoms with Gasteiger partial charge in [-0.1, -0.05) is 148 Å². The number of nitriles is 2. The van der Waals surface area contributed by atoms with Crippen molar-refractivity contribution in [3.05, 3.63) is 154 Å². The van der Waals surface area contributed by atoms with Crippen LogP contribution in [-0.4, -0.2) is 31.9 Å². The highest BCUT2D eigenvalue weighted by Crippen LogP contribution is 2.25. The van der Waals surface area contributed by atoms with E-state index in [-0.39, 0.29) is 11.5 Å². The number of rotatable bonds is 27. The van der Waals surface area contributed by atoms with Gasteiger partial charge in [0.1, 0.15) is 23.6 Å². The third kappa shape index (κ3) is 18.7. The smallest absolute Gasteiger partial charge is 0.343 e. The minimum absolute atomic E-state index is 0.287. The Morgan fingerprint density at radius 2 is 0.718 bits per heavy atom. The summed E-state index contributed by atoms with van der Waals surface area (Å²) in [7, 11) is 0. The molecule has 2 aromatic heterocycles. The predicted octanol–water partition coefficient (Wildman–Crippen LogP) is 15.4. The van der Waals surface area contributed by atoms with Gasteiger partial charge in [0.05, 0.1) is 22.3 Å². The lowest BCUT2D eigenvalue weighted by molar-refractivity contribution is 0.0724. The Morgan fingerprint density at radius 3 is 1.07 bits per heavy atom. The van der Waals surface area contributed by atoms with E-state index in [2.05, 4.69) is 59.8 Å². The fourth-order valence-corrected chi connectivity index (χ4v) is 8.11. The molecule has 0 aliphatic rings. The first-order chi connectivity index (χ1) is 34.8. The zero-order valence-electron chi connectivity index (χ0n) is 42.6. The van der Waals surface area contributed by atoms with Crippen molar-refractivity contribution in [1.29, 1.82) is 10.5 Å². The van der Waals surface area contributed by atoms with Crippen molar-refractivity contribution in [1.82, 2.24) is 19.9 Å². The summed E-state index contributed by atoms with van der Waals surface area (Å²) in [5.74, 6) is 0.849. The van der Waals surface area contributed by atoms with Gasteiger partial charge < -0.3 is 9.47 Å². The molecule has 370 valence electrons. The van der Waals surface area contributed by atoms with E-state index >= 15 is 0 Å². The maximum Gasteiger partial charge on any atom is 0.343 e. The second-order valence-corrected chi connectivity index (χ2v) is 18.2. The number of esters is 2. The topological polar surface area (TPSA) is 152 Å². The number of aryl methyl sites for hydroxylation is 4. The maximum atomic E-state index is 12.7. The van der Waals surface area contributed by atoms with Gasteiger partial charge in [-0.15, -0.1) is 0 Å². The van der Waals surface area contributed by atoms with E-state index in [1.165, 1.54) is 70.6 Å². The lowest BCUT2D eigenvalue weighted by Gasteiger charge is -2.09. The van der Waals surface area contributed by atoms with E-state index in [0.29, 0.717) is 33.9 Å². The fourth-order valence-electron chi connectivity index (χ4n) is 8.11. The number of aromatic nitrogens is 4.